The van der Waals surface area contributed by atoms with Gasteiger partial charge < -0.3 is 5.11 Å². The number of fused-ring (bicyclic) bond motifs is 4. The summed E-state index contributed by atoms with van der Waals surface area (Å²) in [6, 6.07) is 5.97. The van der Waals surface area contributed by atoms with Crippen molar-refractivity contribution in [2.45, 2.75) is 57.8 Å². The maximum absolute atomic E-state index is 12.8. The first-order valence-electron chi connectivity index (χ1n) is 8.91. The van der Waals surface area contributed by atoms with Crippen molar-refractivity contribution < 1.29 is 9.90 Å². The van der Waals surface area contributed by atoms with Gasteiger partial charge in [0.05, 0.1) is 0 Å². The van der Waals surface area contributed by atoms with Crippen molar-refractivity contribution in [3.05, 3.63) is 29.3 Å². The van der Waals surface area contributed by atoms with E-state index in [1.165, 1.54) is 24.0 Å². The summed E-state index contributed by atoms with van der Waals surface area (Å²) in [6.45, 7) is 2.29. The lowest BCUT2D eigenvalue weighted by molar-refractivity contribution is -0.142. The van der Waals surface area contributed by atoms with E-state index in [0.29, 0.717) is 29.3 Å². The molecule has 4 aliphatic carbocycles. The number of aryl methyl sites for hydroxylation is 1. The van der Waals surface area contributed by atoms with Crippen LogP contribution in [0, 0.1) is 22.7 Å². The van der Waals surface area contributed by atoms with Crippen LogP contribution in [-0.2, 0) is 11.2 Å². The van der Waals surface area contributed by atoms with Crippen LogP contribution in [0.4, 0.5) is 0 Å². The first-order valence-corrected chi connectivity index (χ1v) is 8.91. The van der Waals surface area contributed by atoms with Crippen LogP contribution in [0.1, 0.15) is 62.5 Å². The summed E-state index contributed by atoms with van der Waals surface area (Å²) in [5, 5.41) is 9.77. The van der Waals surface area contributed by atoms with E-state index in [9.17, 15) is 9.90 Å². The molecule has 3 fully saturated rings. The number of phenols is 1. The maximum atomic E-state index is 12.8. The molecule has 5 rings (SSSR count). The van der Waals surface area contributed by atoms with Crippen molar-refractivity contribution in [3.8, 4) is 5.75 Å². The number of aromatic hydroxyl groups is 1. The second kappa shape index (κ2) is 3.96. The van der Waals surface area contributed by atoms with Gasteiger partial charge in [-0.25, -0.2) is 0 Å². The van der Waals surface area contributed by atoms with Crippen molar-refractivity contribution in [3.63, 3.8) is 0 Å². The number of carbonyl (C=O) groups excluding carboxylic acids is 1. The molecule has 2 bridgehead atoms. The minimum atomic E-state index is -0.0362. The predicted molar refractivity (Wildman–Crippen MR) is 84.8 cm³/mol. The zero-order valence-electron chi connectivity index (χ0n) is 13.3. The van der Waals surface area contributed by atoms with Crippen molar-refractivity contribution in [2.24, 2.45) is 22.7 Å². The molecule has 2 heteroatoms. The van der Waals surface area contributed by atoms with Crippen LogP contribution in [-0.4, -0.2) is 10.9 Å². The van der Waals surface area contributed by atoms with E-state index in [4.69, 9.17) is 0 Å². The molecular formula is C20H24O2. The van der Waals surface area contributed by atoms with Crippen molar-refractivity contribution in [1.82, 2.24) is 0 Å². The number of rotatable bonds is 0. The molecule has 0 saturated heterocycles. The Kier molecular flexibility index (Phi) is 2.37. The highest BCUT2D eigenvalue weighted by atomic mass is 16.3. The normalized spacial score (nSPS) is 45.3. The minimum Gasteiger partial charge on any atom is -0.508 e. The lowest BCUT2D eigenvalue weighted by atomic mass is 9.46. The Morgan fingerprint density at radius 2 is 2.05 bits per heavy atom. The Morgan fingerprint density at radius 3 is 2.91 bits per heavy atom. The molecule has 0 aromatic heterocycles. The summed E-state index contributed by atoms with van der Waals surface area (Å²) in [5.41, 5.74) is 3.06. The summed E-state index contributed by atoms with van der Waals surface area (Å²) in [4.78, 5) is 12.8. The fourth-order valence-corrected chi connectivity index (χ4v) is 6.98. The average molecular weight is 296 g/mol. The third-order valence-electron chi connectivity index (χ3n) is 7.96. The second-order valence-corrected chi connectivity index (χ2v) is 8.47. The van der Waals surface area contributed by atoms with E-state index in [1.807, 2.05) is 12.1 Å². The van der Waals surface area contributed by atoms with Gasteiger partial charge in [0.1, 0.15) is 11.5 Å². The van der Waals surface area contributed by atoms with E-state index < -0.39 is 0 Å². The Morgan fingerprint density at radius 1 is 1.18 bits per heavy atom. The molecule has 4 aliphatic rings. The first kappa shape index (κ1) is 13.2. The zero-order valence-corrected chi connectivity index (χ0v) is 13.3. The molecule has 3 saturated carbocycles. The molecule has 1 aromatic carbocycles. The van der Waals surface area contributed by atoms with E-state index in [2.05, 4.69) is 13.0 Å². The van der Waals surface area contributed by atoms with Gasteiger partial charge in [-0.3, -0.25) is 4.79 Å². The number of carbonyl (C=O) groups is 1. The highest BCUT2D eigenvalue weighted by Crippen LogP contribution is 2.73. The molecule has 1 aromatic rings. The summed E-state index contributed by atoms with van der Waals surface area (Å²) < 4.78 is 0. The van der Waals surface area contributed by atoms with E-state index in [1.54, 1.807) is 0 Å². The highest BCUT2D eigenvalue weighted by Gasteiger charge is 2.69. The number of hydrogen-bond acceptors (Lipinski definition) is 2. The van der Waals surface area contributed by atoms with Gasteiger partial charge in [0.25, 0.3) is 0 Å². The molecule has 0 unspecified atom stereocenters. The van der Waals surface area contributed by atoms with E-state index in [0.717, 1.165) is 32.1 Å². The molecule has 116 valence electrons. The number of hydrogen-bond donors (Lipinski definition) is 1. The van der Waals surface area contributed by atoms with Gasteiger partial charge in [-0.05, 0) is 85.5 Å². The molecule has 1 N–H and O–H groups in total. The Hall–Kier alpha value is -1.31. The van der Waals surface area contributed by atoms with Gasteiger partial charge in [-0.1, -0.05) is 13.0 Å². The molecule has 1 spiro atoms. The van der Waals surface area contributed by atoms with Crippen LogP contribution in [0.15, 0.2) is 18.2 Å². The maximum Gasteiger partial charge on any atom is 0.142 e. The zero-order chi connectivity index (χ0) is 15.1. The average Bonchev–Trinajstić information content (AvgIpc) is 3.04. The predicted octanol–water partition coefficient (Wildman–Crippen LogP) is 4.21. The monoisotopic (exact) mass is 296 g/mol. The molecule has 22 heavy (non-hydrogen) atoms. The lowest BCUT2D eigenvalue weighted by Crippen LogP contribution is -2.52. The van der Waals surface area contributed by atoms with E-state index in [-0.39, 0.29) is 10.8 Å². The molecular weight excluding hydrogens is 272 g/mol. The second-order valence-electron chi connectivity index (χ2n) is 8.47. The molecule has 2 nitrogen and oxygen atoms in total. The first-order chi connectivity index (χ1) is 10.6. The molecule has 0 aliphatic heterocycles. The minimum absolute atomic E-state index is 0.0362. The Bertz CT molecular complexity index is 678. The summed E-state index contributed by atoms with van der Waals surface area (Å²) in [5.74, 6) is 2.65. The standard InChI is InChI=1S/C20H24O2/c1-19-8-7-16-15-4-3-14(21)10-12(15)2-5-17(16)20(19)9-6-13(11-20)18(19)22/h3-4,10,13,16-17,21H,2,5-9,11H2,1H3/t13-,16+,17+,19+,20+/m0/s1. The fraction of sp³-hybridized carbons (Fsp3) is 0.650. The van der Waals surface area contributed by atoms with Crippen LogP contribution < -0.4 is 0 Å². The van der Waals surface area contributed by atoms with Crippen LogP contribution >= 0.6 is 0 Å². The number of ketones is 1. The van der Waals surface area contributed by atoms with Gasteiger partial charge in [0.2, 0.25) is 0 Å². The van der Waals surface area contributed by atoms with Crippen molar-refractivity contribution in [1.29, 1.82) is 0 Å². The SMILES string of the molecule is C[C@]12CC[C@@H]3c4ccc(O)cc4CC[C@H]3[C@]13CC[C@@H](C3)C2=O. The van der Waals surface area contributed by atoms with Crippen LogP contribution in [0.5, 0.6) is 5.75 Å². The van der Waals surface area contributed by atoms with Gasteiger partial charge >= 0.3 is 0 Å². The summed E-state index contributed by atoms with van der Waals surface area (Å²) in [7, 11) is 0. The quantitative estimate of drug-likeness (QED) is 0.778. The van der Waals surface area contributed by atoms with Gasteiger partial charge in [-0.2, -0.15) is 0 Å². The van der Waals surface area contributed by atoms with Crippen LogP contribution in [0.2, 0.25) is 0 Å². The Balaban J connectivity index is 1.62. The Labute approximate surface area is 131 Å². The van der Waals surface area contributed by atoms with Gasteiger partial charge in [0.15, 0.2) is 0 Å². The van der Waals surface area contributed by atoms with Crippen LogP contribution in [0.25, 0.3) is 0 Å². The summed E-state index contributed by atoms with van der Waals surface area (Å²) >= 11 is 0. The van der Waals surface area contributed by atoms with Crippen molar-refractivity contribution in [2.75, 3.05) is 0 Å². The lowest BCUT2D eigenvalue weighted by Gasteiger charge is -2.57. The van der Waals surface area contributed by atoms with Gasteiger partial charge in [0, 0.05) is 11.3 Å². The highest BCUT2D eigenvalue weighted by molar-refractivity contribution is 5.91. The third kappa shape index (κ3) is 1.32. The van der Waals surface area contributed by atoms with Gasteiger partial charge in [-0.15, -0.1) is 0 Å². The molecule has 5 atom stereocenters. The smallest absolute Gasteiger partial charge is 0.142 e. The number of Topliss-reactive ketones (excluding diaryl/α,β-unsaturated/α-hetero) is 1. The van der Waals surface area contributed by atoms with Crippen molar-refractivity contribution >= 4 is 5.78 Å². The number of benzene rings is 1. The largest absolute Gasteiger partial charge is 0.508 e. The summed E-state index contributed by atoms with van der Waals surface area (Å²) in [6.07, 6.45) is 8.08. The van der Waals surface area contributed by atoms with Crippen LogP contribution in [0.3, 0.4) is 0 Å². The third-order valence-corrected chi connectivity index (χ3v) is 7.96. The molecule has 0 radical (unpaired) electrons. The fourth-order valence-electron chi connectivity index (χ4n) is 6.98. The van der Waals surface area contributed by atoms with E-state index >= 15 is 0 Å². The topological polar surface area (TPSA) is 37.3 Å². The number of phenolic OH excluding ortho intramolecular Hbond substituents is 1. The molecule has 0 heterocycles. The molecule has 0 amide bonds.